The van der Waals surface area contributed by atoms with Crippen molar-refractivity contribution in [3.63, 3.8) is 0 Å². The molecule has 0 saturated heterocycles. The third-order valence-electron chi connectivity index (χ3n) is 3.05. The van der Waals surface area contributed by atoms with Gasteiger partial charge in [-0.1, -0.05) is 0 Å². The highest BCUT2D eigenvalue weighted by Gasteiger charge is 2.36. The van der Waals surface area contributed by atoms with Crippen molar-refractivity contribution in [3.05, 3.63) is 0 Å². The molecule has 0 aromatic rings. The molecule has 82 valence electrons. The third kappa shape index (κ3) is 2.45. The van der Waals surface area contributed by atoms with Crippen molar-refractivity contribution in [1.82, 2.24) is 10.6 Å². The summed E-state index contributed by atoms with van der Waals surface area (Å²) in [6, 6.07) is 0. The van der Waals surface area contributed by atoms with Crippen molar-refractivity contribution < 1.29 is 9.90 Å². The van der Waals surface area contributed by atoms with Crippen LogP contribution in [-0.2, 0) is 4.79 Å². The van der Waals surface area contributed by atoms with Gasteiger partial charge in [0.05, 0.1) is 11.1 Å². The Kier molecular flexibility index (Phi) is 3.17. The highest BCUT2D eigenvalue weighted by molar-refractivity contribution is 5.85. The minimum absolute atomic E-state index is 0.0691. The highest BCUT2D eigenvalue weighted by Crippen LogP contribution is 2.30. The number of carbonyl (C=O) groups is 1. The van der Waals surface area contributed by atoms with Gasteiger partial charge in [0.15, 0.2) is 0 Å². The summed E-state index contributed by atoms with van der Waals surface area (Å²) < 4.78 is 0. The van der Waals surface area contributed by atoms with Gasteiger partial charge in [-0.15, -0.1) is 0 Å². The van der Waals surface area contributed by atoms with E-state index in [9.17, 15) is 9.90 Å². The lowest BCUT2D eigenvalue weighted by Crippen LogP contribution is -2.56. The monoisotopic (exact) mass is 200 g/mol. The molecule has 1 aliphatic carbocycles. The van der Waals surface area contributed by atoms with Gasteiger partial charge in [-0.25, -0.2) is 0 Å². The molecule has 4 heteroatoms. The van der Waals surface area contributed by atoms with Gasteiger partial charge in [0.25, 0.3) is 0 Å². The Morgan fingerprint density at radius 1 is 1.50 bits per heavy atom. The van der Waals surface area contributed by atoms with E-state index < -0.39 is 11.1 Å². The molecule has 0 unspecified atom stereocenters. The van der Waals surface area contributed by atoms with Crippen LogP contribution in [0.25, 0.3) is 0 Å². The third-order valence-corrected chi connectivity index (χ3v) is 3.05. The summed E-state index contributed by atoms with van der Waals surface area (Å²) in [5, 5.41) is 15.4. The quantitative estimate of drug-likeness (QED) is 0.599. The molecule has 0 aromatic heterocycles. The van der Waals surface area contributed by atoms with Gasteiger partial charge in [0, 0.05) is 6.54 Å². The number of carbonyl (C=O) groups excluding carboxylic acids is 1. The van der Waals surface area contributed by atoms with Crippen molar-refractivity contribution in [2.75, 3.05) is 13.6 Å². The lowest BCUT2D eigenvalue weighted by Gasteiger charge is -2.37. The number of amides is 1. The van der Waals surface area contributed by atoms with Crippen LogP contribution in [0, 0.1) is 0 Å². The molecule has 0 aromatic carbocycles. The Morgan fingerprint density at radius 3 is 2.43 bits per heavy atom. The number of nitrogens with one attached hydrogen (secondary N) is 2. The van der Waals surface area contributed by atoms with E-state index in [0.29, 0.717) is 6.54 Å². The minimum atomic E-state index is -0.639. The largest absolute Gasteiger partial charge is 0.388 e. The Hall–Kier alpha value is -0.610. The first kappa shape index (κ1) is 11.5. The van der Waals surface area contributed by atoms with Crippen LogP contribution in [0.5, 0.6) is 0 Å². The molecule has 0 bridgehead atoms. The van der Waals surface area contributed by atoms with Crippen molar-refractivity contribution in [3.8, 4) is 0 Å². The number of aliphatic hydroxyl groups is 1. The SMILES string of the molecule is CNC(C)(C)C(=O)NCC1(O)CCC1. The van der Waals surface area contributed by atoms with Crippen LogP contribution in [0.3, 0.4) is 0 Å². The zero-order valence-electron chi connectivity index (χ0n) is 9.18. The van der Waals surface area contributed by atoms with Crippen molar-refractivity contribution in [2.24, 2.45) is 0 Å². The molecule has 14 heavy (non-hydrogen) atoms. The van der Waals surface area contributed by atoms with Crippen LogP contribution in [0.15, 0.2) is 0 Å². The molecule has 0 spiro atoms. The summed E-state index contributed by atoms with van der Waals surface area (Å²) >= 11 is 0. The van der Waals surface area contributed by atoms with Gasteiger partial charge >= 0.3 is 0 Å². The average molecular weight is 200 g/mol. The van der Waals surface area contributed by atoms with Gasteiger partial charge in [0.2, 0.25) is 5.91 Å². The maximum atomic E-state index is 11.6. The lowest BCUT2D eigenvalue weighted by atomic mass is 9.80. The first-order chi connectivity index (χ1) is 6.40. The summed E-state index contributed by atoms with van der Waals surface area (Å²) in [5.41, 5.74) is -1.21. The minimum Gasteiger partial charge on any atom is -0.388 e. The van der Waals surface area contributed by atoms with Crippen LogP contribution < -0.4 is 10.6 Å². The maximum Gasteiger partial charge on any atom is 0.239 e. The Bertz CT molecular complexity index is 222. The fourth-order valence-electron chi connectivity index (χ4n) is 1.34. The van der Waals surface area contributed by atoms with Crippen LogP contribution in [0.2, 0.25) is 0 Å². The molecule has 1 rings (SSSR count). The van der Waals surface area contributed by atoms with Gasteiger partial charge in [0.1, 0.15) is 0 Å². The Balaban J connectivity index is 2.34. The number of hydrogen-bond donors (Lipinski definition) is 3. The molecule has 3 N–H and O–H groups in total. The topological polar surface area (TPSA) is 61.4 Å². The van der Waals surface area contributed by atoms with Crippen LogP contribution in [0.4, 0.5) is 0 Å². The van der Waals surface area contributed by atoms with Gasteiger partial charge in [-0.2, -0.15) is 0 Å². The van der Waals surface area contributed by atoms with E-state index in [2.05, 4.69) is 10.6 Å². The first-order valence-corrected chi connectivity index (χ1v) is 5.09. The second-order valence-corrected chi connectivity index (χ2v) is 4.64. The number of hydrogen-bond acceptors (Lipinski definition) is 3. The molecule has 0 heterocycles. The molecule has 0 radical (unpaired) electrons. The Morgan fingerprint density at radius 2 is 2.07 bits per heavy atom. The highest BCUT2D eigenvalue weighted by atomic mass is 16.3. The second kappa shape index (κ2) is 3.87. The van der Waals surface area contributed by atoms with Crippen LogP contribution in [0.1, 0.15) is 33.1 Å². The summed E-state index contributed by atoms with van der Waals surface area (Å²) in [4.78, 5) is 11.6. The van der Waals surface area contributed by atoms with Gasteiger partial charge in [-0.3, -0.25) is 4.79 Å². The van der Waals surface area contributed by atoms with Crippen molar-refractivity contribution in [2.45, 2.75) is 44.2 Å². The second-order valence-electron chi connectivity index (χ2n) is 4.64. The average Bonchev–Trinajstić information content (AvgIpc) is 2.11. The van der Waals surface area contributed by atoms with E-state index >= 15 is 0 Å². The predicted molar refractivity (Wildman–Crippen MR) is 54.9 cm³/mol. The molecule has 1 saturated carbocycles. The fourth-order valence-corrected chi connectivity index (χ4v) is 1.34. The zero-order valence-corrected chi connectivity index (χ0v) is 9.18. The van der Waals surface area contributed by atoms with E-state index in [-0.39, 0.29) is 5.91 Å². The standard InChI is InChI=1S/C10H20N2O2/c1-9(2,11-3)8(13)12-7-10(14)5-4-6-10/h11,14H,4-7H2,1-3H3,(H,12,13). The summed E-state index contributed by atoms with van der Waals surface area (Å²) in [6.07, 6.45) is 2.66. The number of rotatable bonds is 4. The smallest absolute Gasteiger partial charge is 0.239 e. The fraction of sp³-hybridized carbons (Fsp3) is 0.900. The van der Waals surface area contributed by atoms with Gasteiger partial charge < -0.3 is 15.7 Å². The molecular formula is C10H20N2O2. The molecule has 1 amide bonds. The van der Waals surface area contributed by atoms with E-state index in [4.69, 9.17) is 0 Å². The van der Waals surface area contributed by atoms with Crippen LogP contribution in [-0.4, -0.2) is 35.7 Å². The number of likely N-dealkylation sites (N-methyl/N-ethyl adjacent to an activating group) is 1. The summed E-state index contributed by atoms with van der Waals surface area (Å²) in [7, 11) is 1.75. The van der Waals surface area contributed by atoms with E-state index in [1.807, 2.05) is 13.8 Å². The molecule has 4 nitrogen and oxygen atoms in total. The van der Waals surface area contributed by atoms with Crippen molar-refractivity contribution >= 4 is 5.91 Å². The predicted octanol–water partition coefficient (Wildman–Crippen LogP) is 0.0156. The lowest BCUT2D eigenvalue weighted by molar-refractivity contribution is -0.128. The molecule has 0 atom stereocenters. The molecule has 1 aliphatic rings. The van der Waals surface area contributed by atoms with E-state index in [1.54, 1.807) is 7.05 Å². The maximum absolute atomic E-state index is 11.6. The zero-order chi connectivity index (χ0) is 10.8. The van der Waals surface area contributed by atoms with Crippen molar-refractivity contribution in [1.29, 1.82) is 0 Å². The first-order valence-electron chi connectivity index (χ1n) is 5.09. The van der Waals surface area contributed by atoms with Gasteiger partial charge in [-0.05, 0) is 40.2 Å². The van der Waals surface area contributed by atoms with E-state index in [0.717, 1.165) is 19.3 Å². The molecule has 1 fully saturated rings. The normalized spacial score (nSPS) is 20.0. The summed E-state index contributed by atoms with van der Waals surface area (Å²) in [6.45, 7) is 4.00. The Labute approximate surface area is 85.1 Å². The molecular weight excluding hydrogens is 180 g/mol. The summed E-state index contributed by atoms with van der Waals surface area (Å²) in [5.74, 6) is -0.0691. The van der Waals surface area contributed by atoms with E-state index in [1.165, 1.54) is 0 Å². The van der Waals surface area contributed by atoms with Crippen LogP contribution >= 0.6 is 0 Å². The molecule has 0 aliphatic heterocycles.